The highest BCUT2D eigenvalue weighted by molar-refractivity contribution is 14.0. The van der Waals surface area contributed by atoms with E-state index in [-0.39, 0.29) is 24.0 Å². The molecule has 1 aromatic rings. The lowest BCUT2D eigenvalue weighted by Gasteiger charge is -2.21. The van der Waals surface area contributed by atoms with E-state index in [1.165, 1.54) is 0 Å². The fourth-order valence-corrected chi connectivity index (χ4v) is 2.25. The first-order valence-corrected chi connectivity index (χ1v) is 8.18. The Morgan fingerprint density at radius 3 is 2.87 bits per heavy atom. The highest BCUT2D eigenvalue weighted by atomic mass is 127. The molecule has 1 aromatic heterocycles. The SMILES string of the molecule is C=CCCCN(C)C(=NCc1nccn1CC(C)C)NCC.I. The molecule has 1 heterocycles. The van der Waals surface area contributed by atoms with Crippen LogP contribution in [-0.4, -0.2) is 40.5 Å². The third-order valence-electron chi connectivity index (χ3n) is 3.33. The summed E-state index contributed by atoms with van der Waals surface area (Å²) >= 11 is 0. The molecule has 0 aliphatic heterocycles. The fourth-order valence-electron chi connectivity index (χ4n) is 2.25. The van der Waals surface area contributed by atoms with Crippen LogP contribution in [0.1, 0.15) is 39.4 Å². The van der Waals surface area contributed by atoms with Crippen LogP contribution in [0.25, 0.3) is 0 Å². The first-order valence-electron chi connectivity index (χ1n) is 8.18. The van der Waals surface area contributed by atoms with Crippen molar-refractivity contribution in [2.45, 2.75) is 46.7 Å². The smallest absolute Gasteiger partial charge is 0.194 e. The first kappa shape index (κ1) is 21.9. The fraction of sp³-hybridized carbons (Fsp3) is 0.647. The lowest BCUT2D eigenvalue weighted by Crippen LogP contribution is -2.39. The number of rotatable bonds is 9. The molecule has 0 radical (unpaired) electrons. The summed E-state index contributed by atoms with van der Waals surface area (Å²) in [5.41, 5.74) is 0. The summed E-state index contributed by atoms with van der Waals surface area (Å²) < 4.78 is 2.19. The van der Waals surface area contributed by atoms with Gasteiger partial charge in [-0.1, -0.05) is 19.9 Å². The molecule has 0 unspecified atom stereocenters. The zero-order valence-electron chi connectivity index (χ0n) is 15.0. The molecular weight excluding hydrogens is 401 g/mol. The molecular formula is C17H32IN5. The van der Waals surface area contributed by atoms with Crippen LogP contribution in [0.3, 0.4) is 0 Å². The first-order chi connectivity index (χ1) is 10.6. The van der Waals surface area contributed by atoms with Crippen LogP contribution < -0.4 is 5.32 Å². The minimum atomic E-state index is 0. The molecule has 0 atom stereocenters. The minimum absolute atomic E-state index is 0. The predicted molar refractivity (Wildman–Crippen MR) is 109 cm³/mol. The maximum atomic E-state index is 4.72. The predicted octanol–water partition coefficient (Wildman–Crippen LogP) is 3.52. The quantitative estimate of drug-likeness (QED) is 0.213. The normalized spacial score (nSPS) is 11.3. The second-order valence-electron chi connectivity index (χ2n) is 5.91. The zero-order chi connectivity index (χ0) is 16.4. The van der Waals surface area contributed by atoms with Gasteiger partial charge in [-0.05, 0) is 25.7 Å². The summed E-state index contributed by atoms with van der Waals surface area (Å²) in [4.78, 5) is 11.3. The van der Waals surface area contributed by atoms with Crippen LogP contribution in [0.4, 0.5) is 0 Å². The number of aromatic nitrogens is 2. The Bertz CT molecular complexity index is 467. The summed E-state index contributed by atoms with van der Waals surface area (Å²) in [5, 5.41) is 3.35. The lowest BCUT2D eigenvalue weighted by molar-refractivity contribution is 0.467. The van der Waals surface area contributed by atoms with Gasteiger partial charge in [0.2, 0.25) is 0 Å². The minimum Gasteiger partial charge on any atom is -0.357 e. The molecule has 132 valence electrons. The van der Waals surface area contributed by atoms with Crippen molar-refractivity contribution in [3.05, 3.63) is 30.9 Å². The maximum Gasteiger partial charge on any atom is 0.194 e. The average molecular weight is 433 g/mol. The molecule has 0 spiro atoms. The Morgan fingerprint density at radius 2 is 2.26 bits per heavy atom. The molecule has 0 aromatic carbocycles. The molecule has 0 amide bonds. The van der Waals surface area contributed by atoms with E-state index >= 15 is 0 Å². The molecule has 6 heteroatoms. The number of halogens is 1. The third-order valence-corrected chi connectivity index (χ3v) is 3.33. The van der Waals surface area contributed by atoms with Gasteiger partial charge in [-0.25, -0.2) is 9.98 Å². The van der Waals surface area contributed by atoms with Crippen molar-refractivity contribution in [2.24, 2.45) is 10.9 Å². The van der Waals surface area contributed by atoms with E-state index in [1.807, 2.05) is 18.5 Å². The van der Waals surface area contributed by atoms with Crippen molar-refractivity contribution < 1.29 is 0 Å². The third kappa shape index (κ3) is 8.39. The van der Waals surface area contributed by atoms with E-state index in [1.54, 1.807) is 0 Å². The molecule has 0 saturated carbocycles. The molecule has 0 aliphatic carbocycles. The second kappa shape index (κ2) is 12.4. The van der Waals surface area contributed by atoms with Crippen molar-refractivity contribution in [2.75, 3.05) is 20.1 Å². The van der Waals surface area contributed by atoms with Crippen molar-refractivity contribution in [3.8, 4) is 0 Å². The van der Waals surface area contributed by atoms with Gasteiger partial charge >= 0.3 is 0 Å². The summed E-state index contributed by atoms with van der Waals surface area (Å²) in [6.07, 6.45) is 7.97. The van der Waals surface area contributed by atoms with Gasteiger partial charge < -0.3 is 14.8 Å². The van der Waals surface area contributed by atoms with Gasteiger partial charge in [0, 0.05) is 39.1 Å². The van der Waals surface area contributed by atoms with Crippen LogP contribution in [0.2, 0.25) is 0 Å². The zero-order valence-corrected chi connectivity index (χ0v) is 17.3. The number of guanidine groups is 1. The monoisotopic (exact) mass is 433 g/mol. The topological polar surface area (TPSA) is 45.5 Å². The average Bonchev–Trinajstić information content (AvgIpc) is 2.90. The number of imidazole rings is 1. The van der Waals surface area contributed by atoms with Crippen molar-refractivity contribution in [1.82, 2.24) is 19.8 Å². The number of nitrogens with zero attached hydrogens (tertiary/aromatic N) is 4. The molecule has 0 fully saturated rings. The Kier molecular flexibility index (Phi) is 11.8. The Balaban J connectivity index is 0.00000484. The standard InChI is InChI=1S/C17H31N5.HI/c1-6-8-9-11-21(5)17(18-7-2)20-13-16-19-10-12-22(16)14-15(3)4;/h6,10,12,15H,1,7-9,11,13-14H2,2-5H3,(H,18,20);1H. The van der Waals surface area contributed by atoms with E-state index in [4.69, 9.17) is 4.99 Å². The highest BCUT2D eigenvalue weighted by Gasteiger charge is 2.07. The van der Waals surface area contributed by atoms with E-state index < -0.39 is 0 Å². The summed E-state index contributed by atoms with van der Waals surface area (Å²) in [6, 6.07) is 0. The van der Waals surface area contributed by atoms with Crippen molar-refractivity contribution in [3.63, 3.8) is 0 Å². The van der Waals surface area contributed by atoms with Crippen LogP contribution in [-0.2, 0) is 13.1 Å². The van der Waals surface area contributed by atoms with E-state index in [0.29, 0.717) is 12.5 Å². The summed E-state index contributed by atoms with van der Waals surface area (Å²) in [7, 11) is 2.07. The van der Waals surface area contributed by atoms with E-state index in [0.717, 1.165) is 44.3 Å². The highest BCUT2D eigenvalue weighted by Crippen LogP contribution is 2.05. The van der Waals surface area contributed by atoms with Gasteiger partial charge in [-0.15, -0.1) is 30.6 Å². The molecule has 0 aliphatic rings. The van der Waals surface area contributed by atoms with Gasteiger partial charge in [0.1, 0.15) is 12.4 Å². The Morgan fingerprint density at radius 1 is 1.52 bits per heavy atom. The molecule has 1 N–H and O–H groups in total. The molecule has 1 rings (SSSR count). The summed E-state index contributed by atoms with van der Waals surface area (Å²) in [5.74, 6) is 2.56. The summed E-state index contributed by atoms with van der Waals surface area (Å²) in [6.45, 7) is 13.7. The number of aliphatic imine (C=N–C) groups is 1. The van der Waals surface area contributed by atoms with Crippen LogP contribution >= 0.6 is 24.0 Å². The van der Waals surface area contributed by atoms with E-state index in [2.05, 4.69) is 54.2 Å². The molecule has 0 saturated heterocycles. The van der Waals surface area contributed by atoms with Gasteiger partial charge in [0.05, 0.1) is 0 Å². The molecule has 5 nitrogen and oxygen atoms in total. The van der Waals surface area contributed by atoms with Crippen molar-refractivity contribution >= 4 is 29.9 Å². The second-order valence-corrected chi connectivity index (χ2v) is 5.91. The van der Waals surface area contributed by atoms with Gasteiger partial charge in [-0.2, -0.15) is 0 Å². The lowest BCUT2D eigenvalue weighted by atomic mass is 10.2. The number of hydrogen-bond acceptors (Lipinski definition) is 2. The van der Waals surface area contributed by atoms with Gasteiger partial charge in [0.15, 0.2) is 5.96 Å². The number of unbranched alkanes of at least 4 members (excludes halogenated alkanes) is 1. The molecule has 23 heavy (non-hydrogen) atoms. The van der Waals surface area contributed by atoms with Gasteiger partial charge in [0.25, 0.3) is 0 Å². The van der Waals surface area contributed by atoms with Gasteiger partial charge in [-0.3, -0.25) is 0 Å². The maximum absolute atomic E-state index is 4.72. The Labute approximate surface area is 158 Å². The number of nitrogens with one attached hydrogen (secondary N) is 1. The van der Waals surface area contributed by atoms with E-state index in [9.17, 15) is 0 Å². The largest absolute Gasteiger partial charge is 0.357 e. The van der Waals surface area contributed by atoms with Crippen LogP contribution in [0.5, 0.6) is 0 Å². The number of hydrogen-bond donors (Lipinski definition) is 1. The van der Waals surface area contributed by atoms with Crippen LogP contribution in [0.15, 0.2) is 30.0 Å². The molecule has 0 bridgehead atoms. The van der Waals surface area contributed by atoms with Crippen LogP contribution in [0, 0.1) is 5.92 Å². The number of allylic oxidation sites excluding steroid dienone is 1. The van der Waals surface area contributed by atoms with Crippen molar-refractivity contribution in [1.29, 1.82) is 0 Å². The Hall–Kier alpha value is -1.05.